The average Bonchev–Trinajstić information content (AvgIpc) is 3.09. The number of imide groups is 1. The number of nitrogens with one attached hydrogen (secondary N) is 1. The van der Waals surface area contributed by atoms with E-state index in [1.165, 1.54) is 0 Å². The van der Waals surface area contributed by atoms with Crippen LogP contribution in [0.1, 0.15) is 46.9 Å². The maximum atomic E-state index is 12.9. The molecule has 1 N–H and O–H groups in total. The average molecular weight is 444 g/mol. The monoisotopic (exact) mass is 444 g/mol. The lowest BCUT2D eigenvalue weighted by Crippen LogP contribution is -2.46. The molecular formula is C26H24N2O5. The fraction of sp³-hybridized carbons (Fsp3) is 0.231. The molecule has 1 heterocycles. The van der Waals surface area contributed by atoms with Crippen molar-refractivity contribution in [2.24, 2.45) is 0 Å². The van der Waals surface area contributed by atoms with Gasteiger partial charge in [-0.1, -0.05) is 68.3 Å². The van der Waals surface area contributed by atoms with E-state index in [0.29, 0.717) is 12.1 Å². The van der Waals surface area contributed by atoms with Gasteiger partial charge in [-0.3, -0.25) is 19.3 Å². The Morgan fingerprint density at radius 3 is 2.24 bits per heavy atom. The maximum Gasteiger partial charge on any atom is 0.329 e. The van der Waals surface area contributed by atoms with E-state index < -0.39 is 36.3 Å². The molecule has 7 heteroatoms. The molecule has 3 amide bonds. The number of hydrogen-bond donors (Lipinski definition) is 1. The van der Waals surface area contributed by atoms with Crippen LogP contribution in [-0.4, -0.2) is 41.2 Å². The zero-order valence-corrected chi connectivity index (χ0v) is 18.2. The summed E-state index contributed by atoms with van der Waals surface area (Å²) in [6.07, 6.45) is 1.66. The molecule has 0 spiro atoms. The Morgan fingerprint density at radius 1 is 0.909 bits per heavy atom. The number of carbonyl (C=O) groups excluding carboxylic acids is 4. The van der Waals surface area contributed by atoms with Gasteiger partial charge in [-0.15, -0.1) is 0 Å². The molecule has 7 nitrogen and oxygen atoms in total. The number of amides is 3. The van der Waals surface area contributed by atoms with Gasteiger partial charge in [-0.2, -0.15) is 0 Å². The lowest BCUT2D eigenvalue weighted by Gasteiger charge is -2.24. The van der Waals surface area contributed by atoms with Gasteiger partial charge >= 0.3 is 5.97 Å². The van der Waals surface area contributed by atoms with Gasteiger partial charge in [0.05, 0.1) is 11.1 Å². The van der Waals surface area contributed by atoms with Crippen molar-refractivity contribution in [3.05, 3.63) is 77.9 Å². The van der Waals surface area contributed by atoms with Crippen molar-refractivity contribution < 1.29 is 23.9 Å². The number of ether oxygens (including phenoxy) is 1. The van der Waals surface area contributed by atoms with Gasteiger partial charge in [0, 0.05) is 11.1 Å². The first-order valence-corrected chi connectivity index (χ1v) is 10.9. The number of anilines is 1. The summed E-state index contributed by atoms with van der Waals surface area (Å²) in [5, 5.41) is 4.60. The van der Waals surface area contributed by atoms with Crippen molar-refractivity contribution in [2.75, 3.05) is 11.9 Å². The molecule has 0 fully saturated rings. The Kier molecular flexibility index (Phi) is 6.49. The minimum atomic E-state index is -1.08. The summed E-state index contributed by atoms with van der Waals surface area (Å²) in [5.74, 6) is -2.31. The highest BCUT2D eigenvalue weighted by atomic mass is 16.5. The summed E-state index contributed by atoms with van der Waals surface area (Å²) >= 11 is 0. The molecular weight excluding hydrogens is 420 g/mol. The highest BCUT2D eigenvalue weighted by Gasteiger charge is 2.43. The third-order valence-electron chi connectivity index (χ3n) is 5.65. The summed E-state index contributed by atoms with van der Waals surface area (Å²) in [6, 6.07) is 18.5. The van der Waals surface area contributed by atoms with Gasteiger partial charge in [0.25, 0.3) is 17.7 Å². The Hall–Kier alpha value is -4.00. The third-order valence-corrected chi connectivity index (χ3v) is 5.65. The number of fused-ring (bicyclic) bond motifs is 2. The third kappa shape index (κ3) is 4.48. The van der Waals surface area contributed by atoms with Gasteiger partial charge in [0.15, 0.2) is 6.61 Å². The van der Waals surface area contributed by atoms with Crippen LogP contribution in [0.5, 0.6) is 0 Å². The Morgan fingerprint density at radius 2 is 1.55 bits per heavy atom. The van der Waals surface area contributed by atoms with Crippen LogP contribution in [0.25, 0.3) is 10.8 Å². The Labute approximate surface area is 191 Å². The fourth-order valence-corrected chi connectivity index (χ4v) is 3.99. The van der Waals surface area contributed by atoms with E-state index in [1.807, 2.05) is 43.3 Å². The van der Waals surface area contributed by atoms with Crippen molar-refractivity contribution in [3.63, 3.8) is 0 Å². The Balaban J connectivity index is 1.45. The number of esters is 1. The lowest BCUT2D eigenvalue weighted by molar-refractivity contribution is -0.151. The molecule has 1 aliphatic heterocycles. The van der Waals surface area contributed by atoms with Crippen molar-refractivity contribution in [1.82, 2.24) is 4.90 Å². The number of carbonyl (C=O) groups is 4. The molecule has 3 aromatic carbocycles. The predicted molar refractivity (Wildman–Crippen MR) is 124 cm³/mol. The maximum absolute atomic E-state index is 12.9. The van der Waals surface area contributed by atoms with Crippen LogP contribution < -0.4 is 5.32 Å². The van der Waals surface area contributed by atoms with Crippen LogP contribution in [0, 0.1) is 0 Å². The number of hydrogen-bond acceptors (Lipinski definition) is 5. The highest BCUT2D eigenvalue weighted by molar-refractivity contribution is 6.22. The van der Waals surface area contributed by atoms with Crippen molar-refractivity contribution in [3.8, 4) is 0 Å². The highest BCUT2D eigenvalue weighted by Crippen LogP contribution is 2.27. The van der Waals surface area contributed by atoms with E-state index in [1.54, 1.807) is 30.3 Å². The van der Waals surface area contributed by atoms with Crippen LogP contribution in [0.3, 0.4) is 0 Å². The SMILES string of the molecule is CCCC[C@H](C(=O)OCC(=O)Nc1cccc2ccccc12)N1C(=O)c2ccccc2C1=O. The first-order valence-electron chi connectivity index (χ1n) is 10.9. The largest absolute Gasteiger partial charge is 0.454 e. The second-order valence-electron chi connectivity index (χ2n) is 7.87. The van der Waals surface area contributed by atoms with Crippen molar-refractivity contribution >= 4 is 40.2 Å². The van der Waals surface area contributed by atoms with E-state index in [2.05, 4.69) is 5.32 Å². The number of nitrogens with zero attached hydrogens (tertiary/aromatic N) is 1. The topological polar surface area (TPSA) is 92.8 Å². The summed E-state index contributed by atoms with van der Waals surface area (Å²) < 4.78 is 5.26. The molecule has 1 atom stereocenters. The van der Waals surface area contributed by atoms with Crippen LogP contribution in [-0.2, 0) is 14.3 Å². The quantitative estimate of drug-likeness (QED) is 0.416. The normalized spacial score (nSPS) is 13.7. The van der Waals surface area contributed by atoms with Crippen molar-refractivity contribution in [1.29, 1.82) is 0 Å². The molecule has 168 valence electrons. The summed E-state index contributed by atoms with van der Waals surface area (Å²) in [7, 11) is 0. The van der Waals surface area contributed by atoms with Gasteiger partial charge < -0.3 is 10.1 Å². The van der Waals surface area contributed by atoms with Crippen LogP contribution in [0.4, 0.5) is 5.69 Å². The second-order valence-corrected chi connectivity index (χ2v) is 7.87. The van der Waals surface area contributed by atoms with Crippen LogP contribution in [0.15, 0.2) is 66.7 Å². The van der Waals surface area contributed by atoms with Gasteiger partial charge in [0.2, 0.25) is 0 Å². The number of unbranched alkanes of at least 4 members (excludes halogenated alkanes) is 1. The summed E-state index contributed by atoms with van der Waals surface area (Å²) in [6.45, 7) is 1.43. The van der Waals surface area contributed by atoms with E-state index in [9.17, 15) is 19.2 Å². The molecule has 0 saturated carbocycles. The second kappa shape index (κ2) is 9.65. The zero-order chi connectivity index (χ0) is 23.4. The molecule has 4 rings (SSSR count). The lowest BCUT2D eigenvalue weighted by atomic mass is 10.1. The van der Waals surface area contributed by atoms with Crippen LogP contribution >= 0.6 is 0 Å². The van der Waals surface area contributed by atoms with Gasteiger partial charge in [-0.05, 0) is 30.0 Å². The van der Waals surface area contributed by atoms with E-state index in [4.69, 9.17) is 4.74 Å². The van der Waals surface area contributed by atoms with Crippen LogP contribution in [0.2, 0.25) is 0 Å². The van der Waals surface area contributed by atoms with Gasteiger partial charge in [-0.25, -0.2) is 4.79 Å². The number of rotatable bonds is 8. The van der Waals surface area contributed by atoms with Crippen molar-refractivity contribution in [2.45, 2.75) is 32.2 Å². The Bertz CT molecular complexity index is 1200. The first kappa shape index (κ1) is 22.2. The summed E-state index contributed by atoms with van der Waals surface area (Å²) in [5.41, 5.74) is 1.15. The molecule has 1 aliphatic rings. The van der Waals surface area contributed by atoms with E-state index in [-0.39, 0.29) is 17.5 Å². The minimum Gasteiger partial charge on any atom is -0.454 e. The van der Waals surface area contributed by atoms with E-state index >= 15 is 0 Å². The predicted octanol–water partition coefficient (Wildman–Crippen LogP) is 4.18. The molecule has 33 heavy (non-hydrogen) atoms. The minimum absolute atomic E-state index is 0.269. The number of benzene rings is 3. The molecule has 0 unspecified atom stereocenters. The van der Waals surface area contributed by atoms with E-state index in [0.717, 1.165) is 22.1 Å². The summed E-state index contributed by atoms with van der Waals surface area (Å²) in [4.78, 5) is 52.0. The smallest absolute Gasteiger partial charge is 0.329 e. The fourth-order valence-electron chi connectivity index (χ4n) is 3.99. The molecule has 3 aromatic rings. The molecule has 0 aromatic heterocycles. The molecule has 0 saturated heterocycles. The molecule has 0 radical (unpaired) electrons. The zero-order valence-electron chi connectivity index (χ0n) is 18.2. The molecule has 0 aliphatic carbocycles. The standard InChI is InChI=1S/C26H24N2O5/c1-2-3-15-22(28-24(30)19-12-6-7-13-20(19)25(28)31)26(32)33-16-23(29)27-21-14-8-10-17-9-4-5-11-18(17)21/h4-14,22H,2-3,15-16H2,1H3,(H,27,29)/t22-/m1/s1. The first-order chi connectivity index (χ1) is 16.0. The molecule has 0 bridgehead atoms. The van der Waals surface area contributed by atoms with Gasteiger partial charge in [0.1, 0.15) is 6.04 Å².